The summed E-state index contributed by atoms with van der Waals surface area (Å²) in [6.07, 6.45) is 9.62. The van der Waals surface area contributed by atoms with Crippen LogP contribution >= 0.6 is 0 Å². The van der Waals surface area contributed by atoms with Gasteiger partial charge in [-0.3, -0.25) is 9.36 Å². The van der Waals surface area contributed by atoms with Gasteiger partial charge in [-0.2, -0.15) is 0 Å². The lowest BCUT2D eigenvalue weighted by atomic mass is 9.77. The van der Waals surface area contributed by atoms with Crippen LogP contribution in [0, 0.1) is 18.7 Å². The first kappa shape index (κ1) is 21.2. The van der Waals surface area contributed by atoms with E-state index in [1.807, 2.05) is 35.8 Å². The van der Waals surface area contributed by atoms with Gasteiger partial charge in [0.2, 0.25) is 0 Å². The number of aryl methyl sites for hydroxylation is 1. The second kappa shape index (κ2) is 8.68. The summed E-state index contributed by atoms with van der Waals surface area (Å²) in [5.74, 6) is 0.846. The molecule has 2 aliphatic rings. The zero-order valence-corrected chi connectivity index (χ0v) is 19.1. The van der Waals surface area contributed by atoms with Crippen molar-refractivity contribution in [2.24, 2.45) is 5.92 Å². The van der Waals surface area contributed by atoms with Gasteiger partial charge in [0.25, 0.3) is 5.56 Å². The van der Waals surface area contributed by atoms with E-state index in [4.69, 9.17) is 4.98 Å². The average molecular weight is 434 g/mol. The molecule has 0 bridgehead atoms. The minimum Gasteiger partial charge on any atom is -0.372 e. The predicted octanol–water partition coefficient (Wildman–Crippen LogP) is 6.00. The van der Waals surface area contributed by atoms with E-state index >= 15 is 0 Å². The van der Waals surface area contributed by atoms with Crippen molar-refractivity contribution in [1.29, 1.82) is 0 Å². The summed E-state index contributed by atoms with van der Waals surface area (Å²) < 4.78 is 15.5. The highest BCUT2D eigenvalue weighted by Crippen LogP contribution is 2.40. The van der Waals surface area contributed by atoms with Gasteiger partial charge in [-0.1, -0.05) is 37.8 Å². The van der Waals surface area contributed by atoms with Gasteiger partial charge < -0.3 is 4.90 Å². The molecular weight excluding hydrogens is 401 g/mol. The van der Waals surface area contributed by atoms with Gasteiger partial charge in [0.15, 0.2) is 0 Å². The maximum atomic E-state index is 13.9. The molecular formula is C27H32FN3O. The number of halogens is 1. The highest BCUT2D eigenvalue weighted by atomic mass is 19.1. The monoisotopic (exact) mass is 433 g/mol. The lowest BCUT2D eigenvalue weighted by Gasteiger charge is -2.36. The largest absolute Gasteiger partial charge is 0.372 e. The zero-order valence-electron chi connectivity index (χ0n) is 19.1. The maximum Gasteiger partial charge on any atom is 0.262 e. The Kier molecular flexibility index (Phi) is 5.75. The molecule has 0 radical (unpaired) electrons. The minimum absolute atomic E-state index is 0.00705. The van der Waals surface area contributed by atoms with Crippen LogP contribution in [-0.2, 0) is 0 Å². The van der Waals surface area contributed by atoms with E-state index in [9.17, 15) is 9.18 Å². The third kappa shape index (κ3) is 3.82. The van der Waals surface area contributed by atoms with Crippen molar-refractivity contribution < 1.29 is 4.39 Å². The quantitative estimate of drug-likeness (QED) is 0.495. The van der Waals surface area contributed by atoms with E-state index in [-0.39, 0.29) is 17.4 Å². The molecule has 0 saturated heterocycles. The Labute approximate surface area is 189 Å². The summed E-state index contributed by atoms with van der Waals surface area (Å²) in [6, 6.07) is 13.2. The van der Waals surface area contributed by atoms with Gasteiger partial charge >= 0.3 is 0 Å². The van der Waals surface area contributed by atoms with Crippen LogP contribution in [0.15, 0.2) is 47.3 Å². The molecule has 1 heterocycles. The molecule has 5 rings (SSSR count). The normalized spacial score (nSPS) is 18.5. The van der Waals surface area contributed by atoms with E-state index in [2.05, 4.69) is 18.0 Å². The van der Waals surface area contributed by atoms with E-state index in [0.717, 1.165) is 35.4 Å². The van der Waals surface area contributed by atoms with E-state index in [0.29, 0.717) is 17.3 Å². The second-order valence-electron chi connectivity index (χ2n) is 9.63. The Morgan fingerprint density at radius 2 is 1.72 bits per heavy atom. The molecule has 3 aromatic rings. The van der Waals surface area contributed by atoms with Crippen LogP contribution in [0.4, 0.5) is 10.1 Å². The second-order valence-corrected chi connectivity index (χ2v) is 9.63. The SMILES string of the molecule is Cc1nc2ccc(N(C)C3CCCCC3)cc2c(=O)n1C(c1ccc(F)cc1)C1CCC1. The van der Waals surface area contributed by atoms with Gasteiger partial charge in [-0.25, -0.2) is 9.37 Å². The van der Waals surface area contributed by atoms with Crippen molar-refractivity contribution in [3.8, 4) is 0 Å². The van der Waals surface area contributed by atoms with E-state index < -0.39 is 0 Å². The number of nitrogens with zero attached hydrogens (tertiary/aromatic N) is 3. The lowest BCUT2D eigenvalue weighted by Crippen LogP contribution is -2.36. The number of hydrogen-bond donors (Lipinski definition) is 0. The van der Waals surface area contributed by atoms with E-state index in [1.54, 1.807) is 0 Å². The molecule has 2 aromatic carbocycles. The van der Waals surface area contributed by atoms with Crippen LogP contribution in [0.25, 0.3) is 10.9 Å². The van der Waals surface area contributed by atoms with Gasteiger partial charge in [0, 0.05) is 18.8 Å². The first-order chi connectivity index (χ1) is 15.5. The fourth-order valence-corrected chi connectivity index (χ4v) is 5.57. The molecule has 0 N–H and O–H groups in total. The summed E-state index contributed by atoms with van der Waals surface area (Å²) in [4.78, 5) is 21.0. The molecule has 168 valence electrons. The molecule has 5 heteroatoms. The van der Waals surface area contributed by atoms with Crippen LogP contribution in [-0.4, -0.2) is 22.6 Å². The van der Waals surface area contributed by atoms with Crippen molar-refractivity contribution >= 4 is 16.6 Å². The molecule has 0 aliphatic heterocycles. The molecule has 2 fully saturated rings. The Morgan fingerprint density at radius 1 is 1.00 bits per heavy atom. The van der Waals surface area contributed by atoms with Crippen LogP contribution in [0.3, 0.4) is 0 Å². The molecule has 4 nitrogen and oxygen atoms in total. The van der Waals surface area contributed by atoms with Crippen LogP contribution in [0.5, 0.6) is 0 Å². The van der Waals surface area contributed by atoms with Crippen molar-refractivity contribution in [3.05, 3.63) is 70.0 Å². The third-order valence-corrected chi connectivity index (χ3v) is 7.68. The summed E-state index contributed by atoms with van der Waals surface area (Å²) in [7, 11) is 2.15. The number of benzene rings is 2. The van der Waals surface area contributed by atoms with Gasteiger partial charge in [-0.05, 0) is 74.4 Å². The molecule has 2 saturated carbocycles. The number of hydrogen-bond acceptors (Lipinski definition) is 3. The standard InChI is InChI=1S/C27H32FN3O/c1-18-29-25-16-15-23(30(2)22-9-4-3-5-10-22)17-24(25)27(32)31(18)26(19-7-6-8-19)20-11-13-21(28)14-12-20/h11-17,19,22,26H,3-10H2,1-2H3. The lowest BCUT2D eigenvalue weighted by molar-refractivity contribution is 0.231. The highest BCUT2D eigenvalue weighted by Gasteiger charge is 2.32. The zero-order chi connectivity index (χ0) is 22.2. The molecule has 1 aromatic heterocycles. The summed E-state index contributed by atoms with van der Waals surface area (Å²) in [5, 5.41) is 0.669. The number of anilines is 1. The van der Waals surface area contributed by atoms with Crippen LogP contribution in [0.2, 0.25) is 0 Å². The molecule has 1 unspecified atom stereocenters. The van der Waals surface area contributed by atoms with Crippen molar-refractivity contribution in [2.75, 3.05) is 11.9 Å². The van der Waals surface area contributed by atoms with Gasteiger partial charge in [-0.15, -0.1) is 0 Å². The molecule has 32 heavy (non-hydrogen) atoms. The predicted molar refractivity (Wildman–Crippen MR) is 128 cm³/mol. The van der Waals surface area contributed by atoms with Gasteiger partial charge in [0.1, 0.15) is 11.6 Å². The Balaban J connectivity index is 1.60. The minimum atomic E-state index is -0.253. The first-order valence-corrected chi connectivity index (χ1v) is 12.0. The third-order valence-electron chi connectivity index (χ3n) is 7.68. The fraction of sp³-hybridized carbons (Fsp3) is 0.481. The number of rotatable bonds is 5. The topological polar surface area (TPSA) is 38.1 Å². The van der Waals surface area contributed by atoms with Crippen molar-refractivity contribution in [3.63, 3.8) is 0 Å². The fourth-order valence-electron chi connectivity index (χ4n) is 5.57. The average Bonchev–Trinajstić information content (AvgIpc) is 2.78. The van der Waals surface area contributed by atoms with Gasteiger partial charge in [0.05, 0.1) is 16.9 Å². The number of aromatic nitrogens is 2. The first-order valence-electron chi connectivity index (χ1n) is 12.0. The molecule has 0 amide bonds. The Morgan fingerprint density at radius 3 is 2.38 bits per heavy atom. The van der Waals surface area contributed by atoms with Crippen molar-refractivity contribution in [1.82, 2.24) is 9.55 Å². The Bertz CT molecular complexity index is 1160. The molecule has 0 spiro atoms. The summed E-state index contributed by atoms with van der Waals surface area (Å²) in [6.45, 7) is 1.91. The van der Waals surface area contributed by atoms with E-state index in [1.165, 1.54) is 50.7 Å². The van der Waals surface area contributed by atoms with Crippen LogP contribution in [0.1, 0.15) is 68.8 Å². The Hall–Kier alpha value is -2.69. The smallest absolute Gasteiger partial charge is 0.262 e. The number of fused-ring (bicyclic) bond motifs is 1. The maximum absolute atomic E-state index is 13.9. The summed E-state index contributed by atoms with van der Waals surface area (Å²) in [5.41, 5.74) is 2.82. The van der Waals surface area contributed by atoms with Crippen molar-refractivity contribution in [2.45, 2.75) is 70.4 Å². The molecule has 2 aliphatic carbocycles. The highest BCUT2D eigenvalue weighted by molar-refractivity contribution is 5.82. The molecule has 1 atom stereocenters. The van der Waals surface area contributed by atoms with Crippen LogP contribution < -0.4 is 10.5 Å². The summed E-state index contributed by atoms with van der Waals surface area (Å²) >= 11 is 0.